The summed E-state index contributed by atoms with van der Waals surface area (Å²) in [6.07, 6.45) is 0. The number of benzene rings is 2. The van der Waals surface area contributed by atoms with Crippen molar-refractivity contribution in [3.8, 4) is 0 Å². The van der Waals surface area contributed by atoms with Crippen LogP contribution >= 0.6 is 27.5 Å². The number of amides is 1. The van der Waals surface area contributed by atoms with E-state index in [4.69, 9.17) is 11.6 Å². The lowest BCUT2D eigenvalue weighted by Gasteiger charge is -2.08. The highest BCUT2D eigenvalue weighted by atomic mass is 79.9. The van der Waals surface area contributed by atoms with Gasteiger partial charge in [-0.2, -0.15) is 0 Å². The summed E-state index contributed by atoms with van der Waals surface area (Å²) in [7, 11) is 0. The van der Waals surface area contributed by atoms with E-state index in [0.29, 0.717) is 11.4 Å². The number of nitrogens with one attached hydrogen (secondary N) is 2. The quantitative estimate of drug-likeness (QED) is 0.857. The summed E-state index contributed by atoms with van der Waals surface area (Å²) in [5, 5.41) is 5.81. The highest BCUT2D eigenvalue weighted by Gasteiger charge is 2.04. The second-order valence-corrected chi connectivity index (χ2v) is 5.42. The number of rotatable bonds is 4. The third-order valence-corrected chi connectivity index (χ3v) is 3.14. The molecule has 0 unspecified atom stereocenters. The molecule has 0 radical (unpaired) electrons. The van der Waals surface area contributed by atoms with Gasteiger partial charge in [0.25, 0.3) is 0 Å². The summed E-state index contributed by atoms with van der Waals surface area (Å²) in [5.74, 6) is -0.684. The minimum Gasteiger partial charge on any atom is -0.376 e. The molecule has 20 heavy (non-hydrogen) atoms. The predicted molar refractivity (Wildman–Crippen MR) is 82.7 cm³/mol. The minimum absolute atomic E-state index is 0.0201. The van der Waals surface area contributed by atoms with Gasteiger partial charge in [-0.1, -0.05) is 33.6 Å². The summed E-state index contributed by atoms with van der Waals surface area (Å²) in [6, 6.07) is 11.3. The molecule has 0 saturated heterocycles. The standard InChI is InChI=1S/C14H11BrClFN2O/c15-9-2-1-3-12(4-9)19-14(20)8-18-13-6-10(16)5-11(17)7-13/h1-7,18H,8H2,(H,19,20). The molecule has 2 rings (SSSR count). The molecule has 0 heterocycles. The topological polar surface area (TPSA) is 41.1 Å². The van der Waals surface area contributed by atoms with E-state index in [0.717, 1.165) is 4.47 Å². The first-order chi connectivity index (χ1) is 9.52. The Morgan fingerprint density at radius 2 is 2.00 bits per heavy atom. The Kier molecular flexibility index (Phi) is 4.98. The first-order valence-electron chi connectivity index (χ1n) is 5.78. The molecule has 104 valence electrons. The van der Waals surface area contributed by atoms with Crippen LogP contribution in [0.25, 0.3) is 0 Å². The van der Waals surface area contributed by atoms with Gasteiger partial charge in [0.2, 0.25) is 5.91 Å². The van der Waals surface area contributed by atoms with Gasteiger partial charge in [0.1, 0.15) is 5.82 Å². The average molecular weight is 358 g/mol. The van der Waals surface area contributed by atoms with Crippen LogP contribution in [0.4, 0.5) is 15.8 Å². The van der Waals surface area contributed by atoms with Crippen molar-refractivity contribution in [1.29, 1.82) is 0 Å². The van der Waals surface area contributed by atoms with E-state index in [9.17, 15) is 9.18 Å². The summed E-state index contributed by atoms with van der Waals surface area (Å²) < 4.78 is 14.0. The lowest BCUT2D eigenvalue weighted by atomic mass is 10.3. The van der Waals surface area contributed by atoms with Gasteiger partial charge < -0.3 is 10.6 Å². The summed E-state index contributed by atoms with van der Waals surface area (Å²) in [6.45, 7) is 0.0201. The van der Waals surface area contributed by atoms with Gasteiger partial charge >= 0.3 is 0 Å². The molecule has 0 aliphatic heterocycles. The fraction of sp³-hybridized carbons (Fsp3) is 0.0714. The van der Waals surface area contributed by atoms with Crippen molar-refractivity contribution in [2.24, 2.45) is 0 Å². The highest BCUT2D eigenvalue weighted by molar-refractivity contribution is 9.10. The van der Waals surface area contributed by atoms with Crippen molar-refractivity contribution in [3.05, 3.63) is 57.8 Å². The number of hydrogen-bond acceptors (Lipinski definition) is 2. The van der Waals surface area contributed by atoms with E-state index in [1.807, 2.05) is 12.1 Å². The molecule has 0 aliphatic rings. The van der Waals surface area contributed by atoms with E-state index in [1.165, 1.54) is 12.1 Å². The Morgan fingerprint density at radius 1 is 1.20 bits per heavy atom. The van der Waals surface area contributed by atoms with Crippen molar-refractivity contribution in [2.45, 2.75) is 0 Å². The Bertz CT molecular complexity index is 616. The second kappa shape index (κ2) is 6.72. The average Bonchev–Trinajstić information content (AvgIpc) is 2.35. The Balaban J connectivity index is 1.92. The molecule has 0 atom stereocenters. The van der Waals surface area contributed by atoms with Crippen molar-refractivity contribution < 1.29 is 9.18 Å². The molecule has 0 aromatic heterocycles. The number of anilines is 2. The normalized spacial score (nSPS) is 10.2. The van der Waals surface area contributed by atoms with Gasteiger partial charge in [0, 0.05) is 20.9 Å². The summed E-state index contributed by atoms with van der Waals surface area (Å²) >= 11 is 9.05. The molecule has 2 aromatic rings. The van der Waals surface area contributed by atoms with Crippen LogP contribution in [-0.2, 0) is 4.79 Å². The molecule has 3 nitrogen and oxygen atoms in total. The van der Waals surface area contributed by atoms with Gasteiger partial charge in [-0.05, 0) is 36.4 Å². The number of halogens is 3. The van der Waals surface area contributed by atoms with E-state index < -0.39 is 5.82 Å². The van der Waals surface area contributed by atoms with E-state index in [1.54, 1.807) is 18.2 Å². The molecule has 6 heteroatoms. The Morgan fingerprint density at radius 3 is 2.70 bits per heavy atom. The first kappa shape index (κ1) is 14.8. The zero-order chi connectivity index (χ0) is 14.5. The smallest absolute Gasteiger partial charge is 0.243 e. The summed E-state index contributed by atoms with van der Waals surface area (Å²) in [4.78, 5) is 11.8. The van der Waals surface area contributed by atoms with Crippen LogP contribution in [0.3, 0.4) is 0 Å². The van der Waals surface area contributed by atoms with Gasteiger partial charge in [0.15, 0.2) is 0 Å². The van der Waals surface area contributed by atoms with Crippen LogP contribution in [0.2, 0.25) is 5.02 Å². The van der Waals surface area contributed by atoms with E-state index in [2.05, 4.69) is 26.6 Å². The second-order valence-electron chi connectivity index (χ2n) is 4.07. The lowest BCUT2D eigenvalue weighted by molar-refractivity contribution is -0.114. The van der Waals surface area contributed by atoms with E-state index >= 15 is 0 Å². The number of hydrogen-bond donors (Lipinski definition) is 2. The lowest BCUT2D eigenvalue weighted by Crippen LogP contribution is -2.21. The van der Waals surface area contributed by atoms with Gasteiger partial charge in [-0.3, -0.25) is 4.79 Å². The molecule has 1 amide bonds. The maximum atomic E-state index is 13.1. The molecule has 0 aliphatic carbocycles. The maximum absolute atomic E-state index is 13.1. The molecular weight excluding hydrogens is 347 g/mol. The van der Waals surface area contributed by atoms with Crippen molar-refractivity contribution in [2.75, 3.05) is 17.2 Å². The van der Waals surface area contributed by atoms with Gasteiger partial charge in [0.05, 0.1) is 6.54 Å². The zero-order valence-electron chi connectivity index (χ0n) is 10.3. The van der Waals surface area contributed by atoms with E-state index in [-0.39, 0.29) is 17.5 Å². The fourth-order valence-corrected chi connectivity index (χ4v) is 2.23. The van der Waals surface area contributed by atoms with Crippen LogP contribution in [0.1, 0.15) is 0 Å². The van der Waals surface area contributed by atoms with Crippen LogP contribution in [-0.4, -0.2) is 12.5 Å². The first-order valence-corrected chi connectivity index (χ1v) is 6.95. The minimum atomic E-state index is -0.451. The molecule has 0 bridgehead atoms. The predicted octanol–water partition coefficient (Wildman–Crippen LogP) is 4.29. The van der Waals surface area contributed by atoms with Crippen molar-refractivity contribution >= 4 is 44.8 Å². The van der Waals surface area contributed by atoms with Crippen molar-refractivity contribution in [3.63, 3.8) is 0 Å². The van der Waals surface area contributed by atoms with Crippen LogP contribution in [0, 0.1) is 5.82 Å². The van der Waals surface area contributed by atoms with Gasteiger partial charge in [-0.15, -0.1) is 0 Å². The molecule has 0 fully saturated rings. The number of carbonyl (C=O) groups excluding carboxylic acids is 1. The Hall–Kier alpha value is -1.59. The Labute approximate surface area is 129 Å². The van der Waals surface area contributed by atoms with Crippen molar-refractivity contribution in [1.82, 2.24) is 0 Å². The zero-order valence-corrected chi connectivity index (χ0v) is 12.6. The molecule has 2 N–H and O–H groups in total. The van der Waals surface area contributed by atoms with Crippen LogP contribution in [0.5, 0.6) is 0 Å². The highest BCUT2D eigenvalue weighted by Crippen LogP contribution is 2.18. The molecule has 0 spiro atoms. The third kappa shape index (κ3) is 4.51. The largest absolute Gasteiger partial charge is 0.376 e. The molecule has 0 saturated carbocycles. The maximum Gasteiger partial charge on any atom is 0.243 e. The third-order valence-electron chi connectivity index (χ3n) is 2.42. The molecular formula is C14H11BrClFN2O. The number of carbonyl (C=O) groups is 1. The van der Waals surface area contributed by atoms with Crippen LogP contribution in [0.15, 0.2) is 46.9 Å². The SMILES string of the molecule is O=C(CNc1cc(F)cc(Cl)c1)Nc1cccc(Br)c1. The van der Waals surface area contributed by atoms with Crippen LogP contribution < -0.4 is 10.6 Å². The monoisotopic (exact) mass is 356 g/mol. The summed E-state index contributed by atoms with van der Waals surface area (Å²) in [5.41, 5.74) is 1.14. The molecule has 2 aromatic carbocycles. The fourth-order valence-electron chi connectivity index (χ4n) is 1.61. The van der Waals surface area contributed by atoms with Gasteiger partial charge in [-0.25, -0.2) is 4.39 Å².